The lowest BCUT2D eigenvalue weighted by Gasteiger charge is -2.10. The predicted octanol–water partition coefficient (Wildman–Crippen LogP) is 3.84. The molecule has 8 heteroatoms. The molecule has 2 aromatic carbocycles. The van der Waals surface area contributed by atoms with Crippen LogP contribution in [0.25, 0.3) is 5.69 Å². The van der Waals surface area contributed by atoms with Crippen LogP contribution in [0.5, 0.6) is 5.75 Å². The molecule has 0 aliphatic rings. The second kappa shape index (κ2) is 9.28. The number of hydrogen-bond acceptors (Lipinski definition) is 4. The van der Waals surface area contributed by atoms with Crippen molar-refractivity contribution in [2.24, 2.45) is 5.10 Å². The highest BCUT2D eigenvalue weighted by molar-refractivity contribution is 6.39. The zero-order valence-corrected chi connectivity index (χ0v) is 17.5. The van der Waals surface area contributed by atoms with Crippen LogP contribution in [-0.2, 0) is 9.59 Å². The fraction of sp³-hybridized carbons (Fsp3) is 0.136. The minimum atomic E-state index is -0.870. The molecule has 30 heavy (non-hydrogen) atoms. The molecule has 0 radical (unpaired) electrons. The van der Waals surface area contributed by atoms with Gasteiger partial charge in [-0.1, -0.05) is 11.6 Å². The third kappa shape index (κ3) is 4.87. The van der Waals surface area contributed by atoms with Crippen LogP contribution < -0.4 is 15.5 Å². The van der Waals surface area contributed by atoms with Gasteiger partial charge in [0.05, 0.1) is 13.3 Å². The average molecular weight is 425 g/mol. The van der Waals surface area contributed by atoms with Crippen LogP contribution in [0.3, 0.4) is 0 Å². The maximum absolute atomic E-state index is 12.0. The van der Waals surface area contributed by atoms with E-state index < -0.39 is 11.8 Å². The molecule has 7 nitrogen and oxygen atoms in total. The molecular formula is C22H21ClN4O3. The largest absolute Gasteiger partial charge is 0.497 e. The number of halogens is 1. The zero-order chi connectivity index (χ0) is 21.7. The van der Waals surface area contributed by atoms with Crippen LogP contribution in [0, 0.1) is 13.8 Å². The average Bonchev–Trinajstić information content (AvgIpc) is 3.02. The summed E-state index contributed by atoms with van der Waals surface area (Å²) in [5.74, 6) is -0.911. The molecule has 0 saturated heterocycles. The van der Waals surface area contributed by atoms with E-state index in [1.165, 1.54) is 6.21 Å². The molecule has 154 valence electrons. The van der Waals surface area contributed by atoms with Crippen molar-refractivity contribution in [3.05, 3.63) is 76.6 Å². The normalized spacial score (nSPS) is 10.8. The number of carbonyl (C=O) groups excluding carboxylic acids is 2. The van der Waals surface area contributed by atoms with Crippen LogP contribution >= 0.6 is 11.6 Å². The Labute approximate surface area is 179 Å². The van der Waals surface area contributed by atoms with Crippen molar-refractivity contribution in [1.29, 1.82) is 0 Å². The Hall–Kier alpha value is -3.58. The van der Waals surface area contributed by atoms with Gasteiger partial charge in [-0.15, -0.1) is 0 Å². The van der Waals surface area contributed by atoms with Gasteiger partial charge in [0.2, 0.25) is 0 Å². The Kier molecular flexibility index (Phi) is 6.54. The van der Waals surface area contributed by atoms with Crippen molar-refractivity contribution >= 4 is 35.3 Å². The second-order valence-electron chi connectivity index (χ2n) is 6.52. The number of benzene rings is 2. The topological polar surface area (TPSA) is 84.7 Å². The number of hydrazone groups is 1. The summed E-state index contributed by atoms with van der Waals surface area (Å²) in [4.78, 5) is 23.9. The number of rotatable bonds is 5. The summed E-state index contributed by atoms with van der Waals surface area (Å²) in [6, 6.07) is 16.1. The number of methoxy groups -OCH3 is 1. The van der Waals surface area contributed by atoms with E-state index >= 15 is 0 Å². The van der Waals surface area contributed by atoms with Crippen LogP contribution in [-0.4, -0.2) is 29.7 Å². The number of nitrogens with zero attached hydrogens (tertiary/aromatic N) is 2. The first kappa shape index (κ1) is 21.1. The number of aryl methyl sites for hydroxylation is 1. The van der Waals surface area contributed by atoms with Crippen LogP contribution in [0.15, 0.2) is 59.7 Å². The molecule has 0 atom stereocenters. The molecule has 0 aliphatic heterocycles. The lowest BCUT2D eigenvalue weighted by atomic mass is 10.2. The molecule has 0 bridgehead atoms. The highest BCUT2D eigenvalue weighted by atomic mass is 35.5. The number of nitrogens with one attached hydrogen (secondary N) is 2. The van der Waals surface area contributed by atoms with Gasteiger partial charge in [0.15, 0.2) is 0 Å². The summed E-state index contributed by atoms with van der Waals surface area (Å²) < 4.78 is 7.26. The molecule has 0 saturated carbocycles. The van der Waals surface area contributed by atoms with E-state index in [4.69, 9.17) is 16.3 Å². The first-order chi connectivity index (χ1) is 14.4. The highest BCUT2D eigenvalue weighted by Crippen LogP contribution is 2.22. The molecule has 0 unspecified atom stereocenters. The quantitative estimate of drug-likeness (QED) is 0.370. The van der Waals surface area contributed by atoms with Crippen molar-refractivity contribution in [3.8, 4) is 11.4 Å². The zero-order valence-electron chi connectivity index (χ0n) is 16.8. The number of amides is 2. The van der Waals surface area contributed by atoms with Gasteiger partial charge in [-0.25, -0.2) is 5.43 Å². The number of ether oxygens (including phenoxy) is 1. The monoisotopic (exact) mass is 424 g/mol. The number of hydrogen-bond donors (Lipinski definition) is 2. The van der Waals surface area contributed by atoms with Crippen molar-refractivity contribution in [2.45, 2.75) is 13.8 Å². The SMILES string of the molecule is COc1ccc(-n2c(C)cc(/C=N\NC(=O)C(=O)Nc3ccc(Cl)cc3)c2C)cc1. The Morgan fingerprint density at radius 2 is 1.70 bits per heavy atom. The molecule has 2 amide bonds. The lowest BCUT2D eigenvalue weighted by molar-refractivity contribution is -0.136. The van der Waals surface area contributed by atoms with E-state index in [-0.39, 0.29) is 0 Å². The van der Waals surface area contributed by atoms with Crippen molar-refractivity contribution in [1.82, 2.24) is 9.99 Å². The third-order valence-electron chi connectivity index (χ3n) is 4.48. The first-order valence-corrected chi connectivity index (χ1v) is 9.50. The first-order valence-electron chi connectivity index (χ1n) is 9.12. The predicted molar refractivity (Wildman–Crippen MR) is 118 cm³/mol. The highest BCUT2D eigenvalue weighted by Gasteiger charge is 2.13. The molecular weight excluding hydrogens is 404 g/mol. The van der Waals surface area contributed by atoms with Gasteiger partial charge in [0.25, 0.3) is 0 Å². The number of aromatic nitrogens is 1. The van der Waals surface area contributed by atoms with Crippen molar-refractivity contribution in [2.75, 3.05) is 12.4 Å². The van der Waals surface area contributed by atoms with Crippen LogP contribution in [0.2, 0.25) is 5.02 Å². The molecule has 1 heterocycles. The Morgan fingerprint density at radius 1 is 1.03 bits per heavy atom. The number of carbonyl (C=O) groups is 2. The molecule has 3 rings (SSSR count). The molecule has 2 N–H and O–H groups in total. The lowest BCUT2D eigenvalue weighted by Crippen LogP contribution is -2.32. The fourth-order valence-corrected chi connectivity index (χ4v) is 3.11. The van der Waals surface area contributed by atoms with Crippen molar-refractivity contribution < 1.29 is 14.3 Å². The molecule has 0 fully saturated rings. The van der Waals surface area contributed by atoms with E-state index in [9.17, 15) is 9.59 Å². The summed E-state index contributed by atoms with van der Waals surface area (Å²) in [6.07, 6.45) is 1.51. The number of anilines is 1. The molecule has 0 aliphatic carbocycles. The van der Waals surface area contributed by atoms with E-state index in [0.29, 0.717) is 10.7 Å². The van der Waals surface area contributed by atoms with Gasteiger partial charge in [-0.2, -0.15) is 5.10 Å². The summed E-state index contributed by atoms with van der Waals surface area (Å²) in [5.41, 5.74) is 6.46. The molecule has 3 aromatic rings. The van der Waals surface area contributed by atoms with Gasteiger partial charge in [0.1, 0.15) is 5.75 Å². The second-order valence-corrected chi connectivity index (χ2v) is 6.96. The standard InChI is InChI=1S/C22H21ClN4O3/c1-14-12-16(15(2)27(14)19-8-10-20(30-3)11-9-19)13-24-26-22(29)21(28)25-18-6-4-17(23)5-7-18/h4-13H,1-3H3,(H,25,28)(H,26,29)/b24-13-. The Morgan fingerprint density at radius 3 is 2.33 bits per heavy atom. The summed E-state index contributed by atoms with van der Waals surface area (Å²) in [5, 5.41) is 6.93. The van der Waals surface area contributed by atoms with E-state index in [0.717, 1.165) is 28.4 Å². The van der Waals surface area contributed by atoms with Gasteiger partial charge in [0, 0.05) is 33.3 Å². The van der Waals surface area contributed by atoms with Gasteiger partial charge >= 0.3 is 11.8 Å². The summed E-state index contributed by atoms with van der Waals surface area (Å²) >= 11 is 5.80. The summed E-state index contributed by atoms with van der Waals surface area (Å²) in [6.45, 7) is 3.93. The van der Waals surface area contributed by atoms with E-state index in [1.807, 2.05) is 44.2 Å². The molecule has 0 spiro atoms. The third-order valence-corrected chi connectivity index (χ3v) is 4.73. The smallest absolute Gasteiger partial charge is 0.329 e. The molecule has 1 aromatic heterocycles. The Balaban J connectivity index is 1.66. The van der Waals surface area contributed by atoms with Crippen LogP contribution in [0.1, 0.15) is 17.0 Å². The minimum absolute atomic E-state index is 0.464. The maximum Gasteiger partial charge on any atom is 0.329 e. The van der Waals surface area contributed by atoms with Crippen LogP contribution in [0.4, 0.5) is 5.69 Å². The maximum atomic E-state index is 12.0. The Bertz CT molecular complexity index is 1090. The van der Waals surface area contributed by atoms with Gasteiger partial charge in [-0.3, -0.25) is 9.59 Å². The van der Waals surface area contributed by atoms with E-state index in [1.54, 1.807) is 31.4 Å². The van der Waals surface area contributed by atoms with Crippen molar-refractivity contribution in [3.63, 3.8) is 0 Å². The van der Waals surface area contributed by atoms with Gasteiger partial charge in [-0.05, 0) is 68.4 Å². The fourth-order valence-electron chi connectivity index (χ4n) is 2.98. The van der Waals surface area contributed by atoms with Gasteiger partial charge < -0.3 is 14.6 Å². The minimum Gasteiger partial charge on any atom is -0.497 e. The summed E-state index contributed by atoms with van der Waals surface area (Å²) in [7, 11) is 1.62. The van der Waals surface area contributed by atoms with E-state index in [2.05, 4.69) is 20.4 Å².